The van der Waals surface area contributed by atoms with Crippen LogP contribution in [0.4, 0.5) is 4.79 Å². The second kappa shape index (κ2) is 4.20. The number of hydrogen-bond donors (Lipinski definition) is 2. The van der Waals surface area contributed by atoms with Crippen molar-refractivity contribution in [3.8, 4) is 0 Å². The lowest BCUT2D eigenvalue weighted by atomic mass is 10.2. The molecule has 1 aromatic heterocycles. The smallest absolute Gasteiger partial charge is 0.318 e. The Bertz CT molecular complexity index is 336. The number of nitrogens with two attached hydrogens (primary N) is 1. The fraction of sp³-hybridized carbons (Fsp3) is 0.500. The zero-order valence-electron chi connectivity index (χ0n) is 8.64. The molecule has 1 aliphatic rings. The quantitative estimate of drug-likeness (QED) is 0.811. The normalized spacial score (nSPS) is 22.9. The molecule has 4 nitrogen and oxygen atoms in total. The van der Waals surface area contributed by atoms with Crippen LogP contribution in [0.15, 0.2) is 17.5 Å². The number of amides is 2. The molecule has 2 unspecified atom stereocenters. The predicted molar refractivity (Wildman–Crippen MR) is 60.8 cm³/mol. The Morgan fingerprint density at radius 3 is 3.20 bits per heavy atom. The first kappa shape index (κ1) is 10.4. The van der Waals surface area contributed by atoms with Gasteiger partial charge in [0.05, 0.1) is 6.04 Å². The first-order valence-electron chi connectivity index (χ1n) is 5.01. The lowest BCUT2D eigenvalue weighted by molar-refractivity contribution is 0.215. The fourth-order valence-corrected chi connectivity index (χ4v) is 2.51. The molecule has 2 amide bonds. The molecule has 82 valence electrons. The minimum Gasteiger partial charge on any atom is -0.329 e. The van der Waals surface area contributed by atoms with Gasteiger partial charge in [-0.25, -0.2) is 4.79 Å². The first-order valence-corrected chi connectivity index (χ1v) is 5.89. The summed E-state index contributed by atoms with van der Waals surface area (Å²) >= 11 is 1.67. The van der Waals surface area contributed by atoms with Crippen molar-refractivity contribution in [3.05, 3.63) is 22.4 Å². The van der Waals surface area contributed by atoms with E-state index in [4.69, 9.17) is 5.73 Å². The zero-order valence-corrected chi connectivity index (χ0v) is 9.46. The maximum atomic E-state index is 11.6. The Hall–Kier alpha value is -1.07. The molecule has 0 aliphatic carbocycles. The molecule has 1 aliphatic heterocycles. The van der Waals surface area contributed by atoms with E-state index in [2.05, 4.69) is 5.32 Å². The van der Waals surface area contributed by atoms with E-state index >= 15 is 0 Å². The van der Waals surface area contributed by atoms with E-state index in [0.717, 1.165) is 6.54 Å². The summed E-state index contributed by atoms with van der Waals surface area (Å²) in [6, 6.07) is 4.20. The van der Waals surface area contributed by atoms with Gasteiger partial charge in [0, 0.05) is 24.0 Å². The van der Waals surface area contributed by atoms with Crippen LogP contribution in [0.1, 0.15) is 17.8 Å². The largest absolute Gasteiger partial charge is 0.329 e. The van der Waals surface area contributed by atoms with Gasteiger partial charge in [0.2, 0.25) is 0 Å². The van der Waals surface area contributed by atoms with Crippen molar-refractivity contribution < 1.29 is 4.79 Å². The van der Waals surface area contributed by atoms with Crippen LogP contribution in [0.2, 0.25) is 0 Å². The average Bonchev–Trinajstić information content (AvgIpc) is 2.75. The average molecular weight is 225 g/mol. The van der Waals surface area contributed by atoms with Crippen molar-refractivity contribution in [1.82, 2.24) is 10.2 Å². The van der Waals surface area contributed by atoms with Gasteiger partial charge >= 0.3 is 6.03 Å². The zero-order chi connectivity index (χ0) is 10.8. The van der Waals surface area contributed by atoms with Crippen LogP contribution in [0.25, 0.3) is 0 Å². The first-order chi connectivity index (χ1) is 7.16. The van der Waals surface area contributed by atoms with Crippen molar-refractivity contribution in [1.29, 1.82) is 0 Å². The number of carbonyl (C=O) groups excluding carboxylic acids is 1. The number of carbonyl (C=O) groups is 1. The maximum Gasteiger partial charge on any atom is 0.318 e. The monoisotopic (exact) mass is 225 g/mol. The summed E-state index contributed by atoms with van der Waals surface area (Å²) in [5.74, 6) is 0. The summed E-state index contributed by atoms with van der Waals surface area (Å²) in [7, 11) is 0. The van der Waals surface area contributed by atoms with Gasteiger partial charge in [0.15, 0.2) is 0 Å². The second-order valence-electron chi connectivity index (χ2n) is 3.90. The summed E-state index contributed by atoms with van der Waals surface area (Å²) in [6.45, 7) is 3.25. The third kappa shape index (κ3) is 2.30. The third-order valence-corrected chi connectivity index (χ3v) is 3.37. The summed E-state index contributed by atoms with van der Waals surface area (Å²) in [4.78, 5) is 14.6. The van der Waals surface area contributed by atoms with E-state index in [1.165, 1.54) is 4.88 Å². The van der Waals surface area contributed by atoms with Gasteiger partial charge < -0.3 is 16.0 Å². The van der Waals surface area contributed by atoms with Crippen molar-refractivity contribution in [2.45, 2.75) is 19.0 Å². The topological polar surface area (TPSA) is 58.4 Å². The fourth-order valence-electron chi connectivity index (χ4n) is 1.74. The standard InChI is InChI=1S/C10H15N3OS/c1-7(11)5-13-6-8(12-10(13)14)9-3-2-4-15-9/h2-4,7-8H,5-6,11H2,1H3,(H,12,14). The molecule has 3 N–H and O–H groups in total. The molecule has 2 heterocycles. The second-order valence-corrected chi connectivity index (χ2v) is 4.88. The molecule has 0 bridgehead atoms. The number of nitrogens with one attached hydrogen (secondary N) is 1. The highest BCUT2D eigenvalue weighted by Gasteiger charge is 2.30. The van der Waals surface area contributed by atoms with Crippen molar-refractivity contribution >= 4 is 17.4 Å². The molecule has 2 rings (SSSR count). The highest BCUT2D eigenvalue weighted by molar-refractivity contribution is 7.10. The van der Waals surface area contributed by atoms with Crippen LogP contribution < -0.4 is 11.1 Å². The van der Waals surface area contributed by atoms with Crippen LogP contribution in [-0.2, 0) is 0 Å². The molecular formula is C10H15N3OS. The number of urea groups is 1. The third-order valence-electron chi connectivity index (χ3n) is 2.38. The van der Waals surface area contributed by atoms with Crippen LogP contribution in [0, 0.1) is 0 Å². The molecule has 1 saturated heterocycles. The molecule has 5 heteroatoms. The minimum atomic E-state index is -0.00861. The van der Waals surface area contributed by atoms with E-state index in [1.807, 2.05) is 24.4 Å². The molecule has 1 fully saturated rings. The van der Waals surface area contributed by atoms with Gasteiger partial charge in [0.1, 0.15) is 0 Å². The summed E-state index contributed by atoms with van der Waals surface area (Å²) < 4.78 is 0. The number of hydrogen-bond acceptors (Lipinski definition) is 3. The lowest BCUT2D eigenvalue weighted by Gasteiger charge is -2.16. The molecule has 0 spiro atoms. The van der Waals surface area contributed by atoms with Crippen LogP contribution >= 0.6 is 11.3 Å². The Kier molecular flexibility index (Phi) is 2.93. The molecule has 15 heavy (non-hydrogen) atoms. The predicted octanol–water partition coefficient (Wildman–Crippen LogP) is 1.16. The SMILES string of the molecule is CC(N)CN1CC(c2cccs2)NC1=O. The lowest BCUT2D eigenvalue weighted by Crippen LogP contribution is -2.37. The molecule has 1 aromatic rings. The Morgan fingerprint density at radius 2 is 2.60 bits per heavy atom. The number of rotatable bonds is 3. The summed E-state index contributed by atoms with van der Waals surface area (Å²) in [6.07, 6.45) is 0. The molecule has 0 radical (unpaired) electrons. The van der Waals surface area contributed by atoms with Gasteiger partial charge in [-0.1, -0.05) is 6.07 Å². The summed E-state index contributed by atoms with van der Waals surface area (Å²) in [5.41, 5.74) is 5.68. The number of nitrogens with zero attached hydrogens (tertiary/aromatic N) is 1. The number of thiophene rings is 1. The van der Waals surface area contributed by atoms with E-state index in [1.54, 1.807) is 16.2 Å². The highest BCUT2D eigenvalue weighted by Crippen LogP contribution is 2.23. The van der Waals surface area contributed by atoms with Crippen molar-refractivity contribution in [2.24, 2.45) is 5.73 Å². The van der Waals surface area contributed by atoms with Crippen LogP contribution in [0.5, 0.6) is 0 Å². The molecule has 2 atom stereocenters. The van der Waals surface area contributed by atoms with Gasteiger partial charge in [-0.15, -0.1) is 11.3 Å². The van der Waals surface area contributed by atoms with Crippen molar-refractivity contribution in [2.75, 3.05) is 13.1 Å². The van der Waals surface area contributed by atoms with Crippen LogP contribution in [-0.4, -0.2) is 30.1 Å². The molecule has 0 saturated carbocycles. The molecule has 0 aromatic carbocycles. The Labute approximate surface area is 93.1 Å². The van der Waals surface area contributed by atoms with Gasteiger partial charge in [-0.05, 0) is 18.4 Å². The van der Waals surface area contributed by atoms with Crippen molar-refractivity contribution in [3.63, 3.8) is 0 Å². The Balaban J connectivity index is 2.01. The van der Waals surface area contributed by atoms with E-state index in [0.29, 0.717) is 6.54 Å². The highest BCUT2D eigenvalue weighted by atomic mass is 32.1. The maximum absolute atomic E-state index is 11.6. The summed E-state index contributed by atoms with van der Waals surface area (Å²) in [5, 5.41) is 4.98. The minimum absolute atomic E-state index is 0.00861. The van der Waals surface area contributed by atoms with Gasteiger partial charge in [-0.2, -0.15) is 0 Å². The molecular weight excluding hydrogens is 210 g/mol. The van der Waals surface area contributed by atoms with E-state index < -0.39 is 0 Å². The van der Waals surface area contributed by atoms with Gasteiger partial charge in [0.25, 0.3) is 0 Å². The van der Waals surface area contributed by atoms with Crippen LogP contribution in [0.3, 0.4) is 0 Å². The Morgan fingerprint density at radius 1 is 1.80 bits per heavy atom. The van der Waals surface area contributed by atoms with Gasteiger partial charge in [-0.3, -0.25) is 0 Å². The van der Waals surface area contributed by atoms with E-state index in [-0.39, 0.29) is 18.1 Å². The van der Waals surface area contributed by atoms with E-state index in [9.17, 15) is 4.79 Å².